The summed E-state index contributed by atoms with van der Waals surface area (Å²) in [5.41, 5.74) is 6.25. The Labute approximate surface area is 141 Å². The third-order valence-corrected chi connectivity index (χ3v) is 3.33. The van der Waals surface area contributed by atoms with Gasteiger partial charge in [-0.2, -0.15) is 0 Å². The zero-order chi connectivity index (χ0) is 15.7. The van der Waals surface area contributed by atoms with E-state index < -0.39 is 5.97 Å². The Morgan fingerprint density at radius 1 is 1.23 bits per heavy atom. The van der Waals surface area contributed by atoms with E-state index in [9.17, 15) is 9.59 Å². The van der Waals surface area contributed by atoms with Gasteiger partial charge in [-0.15, -0.1) is 12.4 Å². The minimum absolute atomic E-state index is 0. The van der Waals surface area contributed by atoms with Gasteiger partial charge in [-0.1, -0.05) is 24.4 Å². The SMILES string of the molecule is COC(=O)c1ccc(NC(=O)CCCCCCN)cc1Cl.Cl. The second kappa shape index (κ2) is 11.3. The summed E-state index contributed by atoms with van der Waals surface area (Å²) >= 11 is 5.98. The summed E-state index contributed by atoms with van der Waals surface area (Å²) in [6.07, 6.45) is 4.32. The Morgan fingerprint density at radius 3 is 2.50 bits per heavy atom. The maximum atomic E-state index is 11.8. The molecule has 124 valence electrons. The number of nitrogens with two attached hydrogens (primary N) is 1. The van der Waals surface area contributed by atoms with E-state index in [0.717, 1.165) is 25.7 Å². The molecule has 0 aliphatic heterocycles. The van der Waals surface area contributed by atoms with Gasteiger partial charge in [0.15, 0.2) is 0 Å². The molecule has 5 nitrogen and oxygen atoms in total. The molecule has 0 radical (unpaired) electrons. The lowest BCUT2D eigenvalue weighted by Crippen LogP contribution is -2.11. The molecule has 0 fully saturated rings. The number of hydrogen-bond donors (Lipinski definition) is 2. The predicted octanol–water partition coefficient (Wildman–Crippen LogP) is 3.40. The van der Waals surface area contributed by atoms with Crippen molar-refractivity contribution in [2.24, 2.45) is 5.73 Å². The lowest BCUT2D eigenvalue weighted by molar-refractivity contribution is -0.116. The van der Waals surface area contributed by atoms with Gasteiger partial charge in [0.1, 0.15) is 0 Å². The summed E-state index contributed by atoms with van der Waals surface area (Å²) in [5.74, 6) is -0.567. The van der Waals surface area contributed by atoms with Gasteiger partial charge in [0.05, 0.1) is 17.7 Å². The van der Waals surface area contributed by atoms with Crippen LogP contribution in [0.4, 0.5) is 5.69 Å². The lowest BCUT2D eigenvalue weighted by Gasteiger charge is -2.08. The monoisotopic (exact) mass is 348 g/mol. The van der Waals surface area contributed by atoms with Gasteiger partial charge < -0.3 is 15.8 Å². The van der Waals surface area contributed by atoms with E-state index in [1.54, 1.807) is 12.1 Å². The number of hydrogen-bond acceptors (Lipinski definition) is 4. The number of anilines is 1. The molecule has 1 amide bonds. The normalized spacial score (nSPS) is 9.77. The molecule has 7 heteroatoms. The molecule has 0 heterocycles. The predicted molar refractivity (Wildman–Crippen MR) is 90.8 cm³/mol. The first-order valence-electron chi connectivity index (χ1n) is 6.96. The van der Waals surface area contributed by atoms with E-state index >= 15 is 0 Å². The number of rotatable bonds is 8. The highest BCUT2D eigenvalue weighted by Crippen LogP contribution is 2.22. The second-order valence-electron chi connectivity index (χ2n) is 4.69. The first kappa shape index (κ1) is 20.7. The highest BCUT2D eigenvalue weighted by Gasteiger charge is 2.11. The van der Waals surface area contributed by atoms with Crippen LogP contribution in [0.1, 0.15) is 42.5 Å². The van der Waals surface area contributed by atoms with Gasteiger partial charge >= 0.3 is 5.97 Å². The third-order valence-electron chi connectivity index (χ3n) is 3.02. The Morgan fingerprint density at radius 2 is 1.91 bits per heavy atom. The molecule has 0 bridgehead atoms. The second-order valence-corrected chi connectivity index (χ2v) is 5.09. The maximum absolute atomic E-state index is 11.8. The summed E-state index contributed by atoms with van der Waals surface area (Å²) in [6, 6.07) is 4.70. The number of methoxy groups -OCH3 is 1. The Balaban J connectivity index is 0.00000441. The first-order chi connectivity index (χ1) is 10.1. The Bertz CT molecular complexity index is 496. The molecule has 3 N–H and O–H groups in total. The fourth-order valence-corrected chi connectivity index (χ4v) is 2.13. The van der Waals surface area contributed by atoms with Gasteiger partial charge in [0, 0.05) is 12.1 Å². The fourth-order valence-electron chi connectivity index (χ4n) is 1.88. The topological polar surface area (TPSA) is 81.4 Å². The molecule has 0 saturated carbocycles. The van der Waals surface area contributed by atoms with Crippen molar-refractivity contribution in [3.63, 3.8) is 0 Å². The van der Waals surface area contributed by atoms with Crippen molar-refractivity contribution >= 4 is 41.6 Å². The fraction of sp³-hybridized carbons (Fsp3) is 0.467. The van der Waals surface area contributed by atoms with E-state index in [4.69, 9.17) is 17.3 Å². The Kier molecular flexibility index (Phi) is 10.6. The van der Waals surface area contributed by atoms with Crippen LogP contribution in [0.15, 0.2) is 18.2 Å². The summed E-state index contributed by atoms with van der Waals surface area (Å²) in [5, 5.41) is 3.01. The molecule has 1 rings (SSSR count). The average Bonchev–Trinajstić information content (AvgIpc) is 2.46. The van der Waals surface area contributed by atoms with Crippen molar-refractivity contribution in [1.29, 1.82) is 0 Å². The van der Waals surface area contributed by atoms with Crippen molar-refractivity contribution in [2.45, 2.75) is 32.1 Å². The van der Waals surface area contributed by atoms with Crippen LogP contribution in [0.2, 0.25) is 5.02 Å². The minimum Gasteiger partial charge on any atom is -0.465 e. The summed E-state index contributed by atoms with van der Waals surface area (Å²) in [7, 11) is 1.29. The quantitative estimate of drug-likeness (QED) is 0.557. The van der Waals surface area contributed by atoms with E-state index in [-0.39, 0.29) is 28.9 Å². The lowest BCUT2D eigenvalue weighted by atomic mass is 10.1. The van der Waals surface area contributed by atoms with Crippen molar-refractivity contribution in [3.8, 4) is 0 Å². The van der Waals surface area contributed by atoms with Gasteiger partial charge in [0.2, 0.25) is 5.91 Å². The molecule has 0 atom stereocenters. The first-order valence-corrected chi connectivity index (χ1v) is 7.34. The van der Waals surface area contributed by atoms with Crippen LogP contribution >= 0.6 is 24.0 Å². The largest absolute Gasteiger partial charge is 0.465 e. The number of amides is 1. The molecule has 1 aromatic carbocycles. The average molecular weight is 349 g/mol. The summed E-state index contributed by atoms with van der Waals surface area (Å²) in [4.78, 5) is 23.2. The number of ether oxygens (including phenoxy) is 1. The van der Waals surface area contributed by atoms with Crippen molar-refractivity contribution in [3.05, 3.63) is 28.8 Å². The number of carbonyl (C=O) groups excluding carboxylic acids is 2. The molecule has 0 aromatic heterocycles. The van der Waals surface area contributed by atoms with Crippen LogP contribution in [0.25, 0.3) is 0 Å². The number of nitrogens with one attached hydrogen (secondary N) is 1. The summed E-state index contributed by atoms with van der Waals surface area (Å²) in [6.45, 7) is 0.692. The molecule has 0 unspecified atom stereocenters. The molecular weight excluding hydrogens is 327 g/mol. The highest BCUT2D eigenvalue weighted by molar-refractivity contribution is 6.33. The standard InChI is InChI=1S/C15H21ClN2O3.ClH/c1-21-15(20)12-8-7-11(10-13(12)16)18-14(19)6-4-2-3-5-9-17;/h7-8,10H,2-6,9,17H2,1H3,(H,18,19);1H. The molecule has 1 aromatic rings. The van der Waals surface area contributed by atoms with Crippen LogP contribution in [-0.4, -0.2) is 25.5 Å². The maximum Gasteiger partial charge on any atom is 0.339 e. The number of halogens is 2. The van der Waals surface area contributed by atoms with E-state index in [0.29, 0.717) is 18.7 Å². The van der Waals surface area contributed by atoms with Gasteiger partial charge in [-0.3, -0.25) is 4.79 Å². The van der Waals surface area contributed by atoms with Crippen LogP contribution in [0.5, 0.6) is 0 Å². The van der Waals surface area contributed by atoms with Gasteiger partial charge in [-0.05, 0) is 37.6 Å². The molecule has 0 aliphatic rings. The van der Waals surface area contributed by atoms with Crippen LogP contribution in [0, 0.1) is 0 Å². The van der Waals surface area contributed by atoms with Crippen LogP contribution in [0.3, 0.4) is 0 Å². The molecule has 0 aliphatic carbocycles. The number of benzene rings is 1. The van der Waals surface area contributed by atoms with Gasteiger partial charge in [0.25, 0.3) is 0 Å². The van der Waals surface area contributed by atoms with Crippen LogP contribution in [-0.2, 0) is 9.53 Å². The molecular formula is C15H22Cl2N2O3. The van der Waals surface area contributed by atoms with E-state index in [2.05, 4.69) is 10.1 Å². The highest BCUT2D eigenvalue weighted by atomic mass is 35.5. The van der Waals surface area contributed by atoms with Crippen LogP contribution < -0.4 is 11.1 Å². The minimum atomic E-state index is -0.502. The number of esters is 1. The number of carbonyl (C=O) groups is 2. The molecule has 0 spiro atoms. The number of unbranched alkanes of at least 4 members (excludes halogenated alkanes) is 3. The molecule has 0 saturated heterocycles. The zero-order valence-electron chi connectivity index (χ0n) is 12.6. The van der Waals surface area contributed by atoms with Crippen molar-refractivity contribution in [2.75, 3.05) is 19.0 Å². The Hall–Kier alpha value is -1.30. The van der Waals surface area contributed by atoms with Gasteiger partial charge in [-0.25, -0.2) is 4.79 Å². The molecule has 22 heavy (non-hydrogen) atoms. The summed E-state index contributed by atoms with van der Waals surface area (Å²) < 4.78 is 4.60. The van der Waals surface area contributed by atoms with Crippen molar-refractivity contribution < 1.29 is 14.3 Å². The van der Waals surface area contributed by atoms with Crippen molar-refractivity contribution in [1.82, 2.24) is 0 Å². The third kappa shape index (κ3) is 7.11. The zero-order valence-corrected chi connectivity index (χ0v) is 14.1. The van der Waals surface area contributed by atoms with E-state index in [1.807, 2.05) is 0 Å². The van der Waals surface area contributed by atoms with E-state index in [1.165, 1.54) is 13.2 Å². The smallest absolute Gasteiger partial charge is 0.339 e.